The van der Waals surface area contributed by atoms with Gasteiger partial charge in [-0.3, -0.25) is 4.98 Å². The second kappa shape index (κ2) is 9.50. The molecule has 156 valence electrons. The molecule has 1 unspecified atom stereocenters. The lowest BCUT2D eigenvalue weighted by Crippen LogP contribution is -2.18. The average Bonchev–Trinajstić information content (AvgIpc) is 2.80. The fraction of sp³-hybridized carbons (Fsp3) is 0.0800. The molecule has 0 aliphatic rings. The quantitative estimate of drug-likeness (QED) is 0.310. The zero-order chi connectivity index (χ0) is 21.5. The molecule has 1 atom stereocenters. The van der Waals surface area contributed by atoms with Gasteiger partial charge < -0.3 is 14.4 Å². The maximum absolute atomic E-state index is 14.4. The number of nitrogens with zero attached hydrogens (tertiary/aromatic N) is 1. The van der Waals surface area contributed by atoms with Crippen LogP contribution in [-0.4, -0.2) is 4.98 Å². The first-order valence-corrected chi connectivity index (χ1v) is 11.6. The predicted molar refractivity (Wildman–Crippen MR) is 124 cm³/mol. The normalized spacial score (nSPS) is 12.0. The maximum Gasteiger partial charge on any atom is 0.457 e. The zero-order valence-electron chi connectivity index (χ0n) is 17.1. The van der Waals surface area contributed by atoms with Gasteiger partial charge in [0.2, 0.25) is 0 Å². The third-order valence-electron chi connectivity index (χ3n) is 4.62. The van der Waals surface area contributed by atoms with Gasteiger partial charge in [0.1, 0.15) is 11.5 Å². The molecule has 4 rings (SSSR count). The highest BCUT2D eigenvalue weighted by atomic mass is 31.2. The molecule has 4 aromatic rings. The Labute approximate surface area is 182 Å². The van der Waals surface area contributed by atoms with Gasteiger partial charge >= 0.3 is 7.60 Å². The molecule has 0 spiro atoms. The van der Waals surface area contributed by atoms with E-state index in [0.29, 0.717) is 17.1 Å². The molecular weight excluding hydrogens is 407 g/mol. The van der Waals surface area contributed by atoms with Gasteiger partial charge in [0.05, 0.1) is 0 Å². The Morgan fingerprint density at radius 3 is 1.87 bits per heavy atom. The first-order valence-electron chi connectivity index (χ1n) is 9.94. The van der Waals surface area contributed by atoms with Crippen LogP contribution in [0.4, 0.5) is 5.69 Å². The second-order valence-corrected chi connectivity index (χ2v) is 9.01. The molecule has 0 aliphatic heterocycles. The van der Waals surface area contributed by atoms with Crippen LogP contribution in [0.5, 0.6) is 11.5 Å². The van der Waals surface area contributed by atoms with Crippen molar-refractivity contribution in [3.8, 4) is 11.5 Å². The van der Waals surface area contributed by atoms with Crippen LogP contribution in [0.1, 0.15) is 16.9 Å². The summed E-state index contributed by atoms with van der Waals surface area (Å²) in [7, 11) is -3.82. The third kappa shape index (κ3) is 5.33. The largest absolute Gasteiger partial charge is 0.457 e. The average molecular weight is 430 g/mol. The second-order valence-electron chi connectivity index (χ2n) is 7.05. The SMILES string of the molecule is Cc1ccc(NC(c2cccnc2)P(=O)(Oc2ccccc2)Oc2ccccc2)cc1. The molecule has 0 radical (unpaired) electrons. The van der Waals surface area contributed by atoms with Gasteiger partial charge in [0, 0.05) is 23.6 Å². The molecule has 0 fully saturated rings. The Morgan fingerprint density at radius 2 is 1.35 bits per heavy atom. The van der Waals surface area contributed by atoms with Crippen LogP contribution < -0.4 is 14.4 Å². The molecule has 0 saturated heterocycles. The molecule has 5 nitrogen and oxygen atoms in total. The number of aryl methyl sites for hydroxylation is 1. The molecule has 0 saturated carbocycles. The van der Waals surface area contributed by atoms with Gasteiger partial charge in [-0.15, -0.1) is 0 Å². The minimum absolute atomic E-state index is 0.460. The van der Waals surface area contributed by atoms with Crippen LogP contribution in [0.2, 0.25) is 0 Å². The van der Waals surface area contributed by atoms with E-state index >= 15 is 0 Å². The molecule has 1 N–H and O–H groups in total. The summed E-state index contributed by atoms with van der Waals surface area (Å²) in [5.74, 6) is 0.132. The molecule has 1 heterocycles. The molecule has 0 aliphatic carbocycles. The molecule has 31 heavy (non-hydrogen) atoms. The lowest BCUT2D eigenvalue weighted by Gasteiger charge is -2.29. The fourth-order valence-corrected chi connectivity index (χ4v) is 4.98. The summed E-state index contributed by atoms with van der Waals surface area (Å²) in [4.78, 5) is 4.22. The van der Waals surface area contributed by atoms with E-state index in [1.165, 1.54) is 0 Å². The van der Waals surface area contributed by atoms with E-state index in [1.807, 2.05) is 73.7 Å². The Bertz CT molecular complexity index is 1090. The van der Waals surface area contributed by atoms with E-state index < -0.39 is 13.4 Å². The summed E-state index contributed by atoms with van der Waals surface area (Å²) < 4.78 is 26.5. The lowest BCUT2D eigenvalue weighted by molar-refractivity contribution is 0.376. The Balaban J connectivity index is 1.78. The summed E-state index contributed by atoms with van der Waals surface area (Å²) in [5, 5.41) is 3.35. The van der Waals surface area contributed by atoms with Gasteiger partial charge in [-0.05, 0) is 49.4 Å². The highest BCUT2D eigenvalue weighted by Gasteiger charge is 2.41. The number of para-hydroxylation sites is 2. The van der Waals surface area contributed by atoms with Crippen molar-refractivity contribution in [1.82, 2.24) is 4.98 Å². The summed E-state index contributed by atoms with van der Waals surface area (Å²) in [6.45, 7) is 2.02. The number of aromatic nitrogens is 1. The summed E-state index contributed by atoms with van der Waals surface area (Å²) in [5.41, 5.74) is 2.62. The number of nitrogens with one attached hydrogen (secondary N) is 1. The number of rotatable bonds is 8. The van der Waals surface area contributed by atoms with E-state index in [9.17, 15) is 4.57 Å². The Hall–Kier alpha value is -3.56. The monoisotopic (exact) mass is 430 g/mol. The molecule has 0 amide bonds. The topological polar surface area (TPSA) is 60.5 Å². The Kier molecular flexibility index (Phi) is 6.34. The van der Waals surface area contributed by atoms with Crippen LogP contribution in [0.25, 0.3) is 0 Å². The number of anilines is 1. The van der Waals surface area contributed by atoms with E-state index in [4.69, 9.17) is 9.05 Å². The van der Waals surface area contributed by atoms with Crippen LogP contribution >= 0.6 is 7.60 Å². The Morgan fingerprint density at radius 1 is 0.774 bits per heavy atom. The van der Waals surface area contributed by atoms with Crippen molar-refractivity contribution >= 4 is 13.3 Å². The number of hydrogen-bond acceptors (Lipinski definition) is 5. The molecule has 6 heteroatoms. The highest BCUT2D eigenvalue weighted by molar-refractivity contribution is 7.55. The van der Waals surface area contributed by atoms with Gasteiger partial charge in [-0.25, -0.2) is 4.57 Å². The van der Waals surface area contributed by atoms with Crippen molar-refractivity contribution in [3.05, 3.63) is 121 Å². The van der Waals surface area contributed by atoms with Gasteiger partial charge in [-0.2, -0.15) is 0 Å². The number of hydrogen-bond donors (Lipinski definition) is 1. The first-order chi connectivity index (χ1) is 15.1. The first kappa shape index (κ1) is 20.7. The van der Waals surface area contributed by atoms with E-state index in [0.717, 1.165) is 11.3 Å². The predicted octanol–water partition coefficient (Wildman–Crippen LogP) is 6.85. The molecule has 0 bridgehead atoms. The minimum Gasteiger partial charge on any atom is -0.414 e. The van der Waals surface area contributed by atoms with Crippen molar-refractivity contribution in [2.75, 3.05) is 5.32 Å². The van der Waals surface area contributed by atoms with E-state index in [1.54, 1.807) is 42.7 Å². The van der Waals surface area contributed by atoms with Crippen LogP contribution in [-0.2, 0) is 4.57 Å². The van der Waals surface area contributed by atoms with Gasteiger partial charge in [0.25, 0.3) is 0 Å². The standard InChI is InChI=1S/C25H23N2O3P/c1-20-14-16-22(17-15-20)27-25(21-9-8-18-26-19-21)31(28,29-23-10-4-2-5-11-23)30-24-12-6-3-7-13-24/h2-19,25,27H,1H3. The molecule has 3 aromatic carbocycles. The molecular formula is C25H23N2O3P. The van der Waals surface area contributed by atoms with Crippen molar-refractivity contribution in [3.63, 3.8) is 0 Å². The van der Waals surface area contributed by atoms with Gasteiger partial charge in [-0.1, -0.05) is 60.2 Å². The van der Waals surface area contributed by atoms with Crippen molar-refractivity contribution < 1.29 is 13.6 Å². The maximum atomic E-state index is 14.4. The smallest absolute Gasteiger partial charge is 0.414 e. The third-order valence-corrected chi connectivity index (χ3v) is 6.61. The number of benzene rings is 3. The molecule has 1 aromatic heterocycles. The van der Waals surface area contributed by atoms with Crippen LogP contribution in [0.3, 0.4) is 0 Å². The van der Waals surface area contributed by atoms with E-state index in [2.05, 4.69) is 10.3 Å². The zero-order valence-corrected chi connectivity index (χ0v) is 18.0. The van der Waals surface area contributed by atoms with E-state index in [-0.39, 0.29) is 0 Å². The van der Waals surface area contributed by atoms with Crippen molar-refractivity contribution in [2.45, 2.75) is 12.7 Å². The van der Waals surface area contributed by atoms with Gasteiger partial charge in [0.15, 0.2) is 5.78 Å². The summed E-state index contributed by atoms with van der Waals surface area (Å²) in [6.07, 6.45) is 3.34. The van der Waals surface area contributed by atoms with Crippen LogP contribution in [0, 0.1) is 6.92 Å². The highest BCUT2D eigenvalue weighted by Crippen LogP contribution is 2.60. The summed E-state index contributed by atoms with van der Waals surface area (Å²) >= 11 is 0. The van der Waals surface area contributed by atoms with Crippen LogP contribution in [0.15, 0.2) is 109 Å². The fourth-order valence-electron chi connectivity index (χ4n) is 3.07. The summed E-state index contributed by atoms with van der Waals surface area (Å²) in [6, 6.07) is 29.6. The minimum atomic E-state index is -3.82. The lowest BCUT2D eigenvalue weighted by atomic mass is 10.2. The number of pyridine rings is 1. The van der Waals surface area contributed by atoms with Crippen molar-refractivity contribution in [2.24, 2.45) is 0 Å². The van der Waals surface area contributed by atoms with Crippen molar-refractivity contribution in [1.29, 1.82) is 0 Å².